The Morgan fingerprint density at radius 2 is 1.76 bits per heavy atom. The van der Waals surface area contributed by atoms with Crippen LogP contribution in [0, 0.1) is 0 Å². The monoisotopic (exact) mass is 411 g/mol. The summed E-state index contributed by atoms with van der Waals surface area (Å²) in [4.78, 5) is 2.27. The minimum atomic E-state index is -1.00. The topological polar surface area (TPSA) is 49.8 Å². The second-order valence-corrected chi connectivity index (χ2v) is 8.09. The first-order valence-corrected chi connectivity index (χ1v) is 10.9. The first-order valence-electron chi connectivity index (χ1n) is 9.92. The summed E-state index contributed by atoms with van der Waals surface area (Å²) >= 11 is 1.70. The molecule has 1 N–H and O–H groups in total. The van der Waals surface area contributed by atoms with Crippen LogP contribution in [0.1, 0.15) is 48.5 Å². The smallest absolute Gasteiger partial charge is 0.135 e. The lowest BCUT2D eigenvalue weighted by molar-refractivity contribution is -0.00223. The summed E-state index contributed by atoms with van der Waals surface area (Å²) in [5, 5.41) is 15.4. The molecule has 0 bridgehead atoms. The van der Waals surface area contributed by atoms with Crippen molar-refractivity contribution in [2.24, 2.45) is 0 Å². The van der Waals surface area contributed by atoms with E-state index >= 15 is 0 Å². The molecule has 3 rings (SSSR count). The van der Waals surface area contributed by atoms with E-state index in [4.69, 9.17) is 8.83 Å². The van der Waals surface area contributed by atoms with Gasteiger partial charge in [0.1, 0.15) is 22.9 Å². The highest BCUT2D eigenvalue weighted by molar-refractivity contribution is 7.07. The molecule has 5 heteroatoms. The fraction of sp³-hybridized carbons (Fsp3) is 0.333. The molecule has 0 aliphatic carbocycles. The van der Waals surface area contributed by atoms with E-state index in [1.807, 2.05) is 36.4 Å². The van der Waals surface area contributed by atoms with Crippen LogP contribution in [0.5, 0.6) is 0 Å². The van der Waals surface area contributed by atoms with Crippen molar-refractivity contribution < 1.29 is 13.9 Å². The van der Waals surface area contributed by atoms with Gasteiger partial charge in [-0.15, -0.1) is 13.2 Å². The summed E-state index contributed by atoms with van der Waals surface area (Å²) in [6, 6.07) is 9.89. The molecule has 0 aliphatic rings. The highest BCUT2D eigenvalue weighted by Crippen LogP contribution is 2.33. The highest BCUT2D eigenvalue weighted by atomic mass is 32.1. The summed E-state index contributed by atoms with van der Waals surface area (Å²) in [6.45, 7) is 9.68. The molecule has 3 heterocycles. The molecular weight excluding hydrogens is 382 g/mol. The van der Waals surface area contributed by atoms with E-state index in [0.717, 1.165) is 30.9 Å². The van der Waals surface area contributed by atoms with Crippen molar-refractivity contribution in [1.29, 1.82) is 0 Å². The van der Waals surface area contributed by atoms with Gasteiger partial charge in [-0.2, -0.15) is 11.3 Å². The van der Waals surface area contributed by atoms with Crippen LogP contribution in [0.4, 0.5) is 0 Å². The quantitative estimate of drug-likeness (QED) is 0.337. The Hall–Kier alpha value is -2.34. The minimum Gasteiger partial charge on any atom is -0.468 e. The van der Waals surface area contributed by atoms with E-state index in [1.54, 1.807) is 17.6 Å². The summed E-state index contributed by atoms with van der Waals surface area (Å²) in [7, 11) is 0. The Kier molecular flexibility index (Phi) is 7.69. The van der Waals surface area contributed by atoms with Crippen LogP contribution in [0.15, 0.2) is 81.5 Å². The molecule has 0 spiro atoms. The second-order valence-electron chi connectivity index (χ2n) is 7.31. The van der Waals surface area contributed by atoms with Gasteiger partial charge < -0.3 is 13.9 Å². The van der Waals surface area contributed by atoms with E-state index in [-0.39, 0.29) is 0 Å². The molecule has 0 atom stereocenters. The SMILES string of the molecule is C=CCCC(O)(CCC=C)c1ccc(CN(Cc2ccsc2)Cc2ccco2)o1. The van der Waals surface area contributed by atoms with Crippen molar-refractivity contribution in [3.8, 4) is 0 Å². The Balaban J connectivity index is 1.74. The first kappa shape index (κ1) is 21.4. The Labute approximate surface area is 176 Å². The fourth-order valence-electron chi connectivity index (χ4n) is 3.42. The molecule has 29 heavy (non-hydrogen) atoms. The number of allylic oxidation sites excluding steroid dienone is 2. The fourth-order valence-corrected chi connectivity index (χ4v) is 4.08. The van der Waals surface area contributed by atoms with E-state index in [2.05, 4.69) is 34.9 Å². The van der Waals surface area contributed by atoms with Gasteiger partial charge in [0.2, 0.25) is 0 Å². The molecule has 0 aromatic carbocycles. The third-order valence-electron chi connectivity index (χ3n) is 4.97. The van der Waals surface area contributed by atoms with Gasteiger partial charge in [-0.05, 0) is 72.3 Å². The number of furan rings is 2. The molecule has 3 aromatic rings. The molecule has 0 saturated heterocycles. The van der Waals surface area contributed by atoms with Crippen molar-refractivity contribution in [2.45, 2.75) is 50.9 Å². The van der Waals surface area contributed by atoms with Crippen LogP contribution in [-0.4, -0.2) is 10.0 Å². The maximum absolute atomic E-state index is 11.2. The predicted octanol–water partition coefficient (Wildman–Crippen LogP) is 6.26. The molecule has 0 unspecified atom stereocenters. The first-order chi connectivity index (χ1) is 14.1. The molecule has 154 valence electrons. The molecule has 0 fully saturated rings. The van der Waals surface area contributed by atoms with Gasteiger partial charge in [0.15, 0.2) is 0 Å². The van der Waals surface area contributed by atoms with E-state index in [9.17, 15) is 5.11 Å². The Morgan fingerprint density at radius 1 is 1.00 bits per heavy atom. The van der Waals surface area contributed by atoms with Gasteiger partial charge in [-0.1, -0.05) is 12.2 Å². The van der Waals surface area contributed by atoms with Crippen molar-refractivity contribution in [1.82, 2.24) is 4.90 Å². The average molecular weight is 412 g/mol. The maximum Gasteiger partial charge on any atom is 0.135 e. The standard InChI is InChI=1S/C24H29NO3S/c1-3-5-12-24(26,13-6-4-2)23-10-9-22(28-23)18-25(16-20-11-15-29-19-20)17-21-8-7-14-27-21/h3-4,7-11,14-15,19,26H,1-2,5-6,12-13,16-18H2. The second kappa shape index (κ2) is 10.4. The summed E-state index contributed by atoms with van der Waals surface area (Å²) in [6.07, 6.45) is 7.98. The summed E-state index contributed by atoms with van der Waals surface area (Å²) in [5.41, 5.74) is 0.265. The van der Waals surface area contributed by atoms with Gasteiger partial charge in [0.05, 0.1) is 19.4 Å². The number of hydrogen-bond donors (Lipinski definition) is 1. The number of aliphatic hydroxyl groups is 1. The molecule has 0 aliphatic heterocycles. The van der Waals surface area contributed by atoms with Gasteiger partial charge in [0, 0.05) is 6.54 Å². The largest absolute Gasteiger partial charge is 0.468 e. The van der Waals surface area contributed by atoms with E-state index in [1.165, 1.54) is 5.56 Å². The van der Waals surface area contributed by atoms with Crippen molar-refractivity contribution in [3.05, 3.63) is 95.5 Å². The van der Waals surface area contributed by atoms with Gasteiger partial charge >= 0.3 is 0 Å². The van der Waals surface area contributed by atoms with Gasteiger partial charge in [0.25, 0.3) is 0 Å². The molecule has 0 amide bonds. The van der Waals surface area contributed by atoms with Crippen LogP contribution in [0.2, 0.25) is 0 Å². The van der Waals surface area contributed by atoms with Crippen LogP contribution >= 0.6 is 11.3 Å². The zero-order valence-corrected chi connectivity index (χ0v) is 17.6. The highest BCUT2D eigenvalue weighted by Gasteiger charge is 2.31. The van der Waals surface area contributed by atoms with Crippen molar-refractivity contribution in [3.63, 3.8) is 0 Å². The van der Waals surface area contributed by atoms with Crippen LogP contribution in [-0.2, 0) is 25.2 Å². The normalized spacial score (nSPS) is 11.8. The lowest BCUT2D eigenvalue weighted by atomic mass is 9.89. The van der Waals surface area contributed by atoms with Crippen LogP contribution < -0.4 is 0 Å². The lowest BCUT2D eigenvalue weighted by Gasteiger charge is -2.25. The molecule has 0 saturated carbocycles. The van der Waals surface area contributed by atoms with Gasteiger partial charge in [-0.25, -0.2) is 0 Å². The van der Waals surface area contributed by atoms with Gasteiger partial charge in [-0.3, -0.25) is 4.90 Å². The lowest BCUT2D eigenvalue weighted by Crippen LogP contribution is -2.25. The zero-order valence-electron chi connectivity index (χ0n) is 16.8. The number of rotatable bonds is 13. The predicted molar refractivity (Wildman–Crippen MR) is 117 cm³/mol. The van der Waals surface area contributed by atoms with E-state index in [0.29, 0.717) is 31.7 Å². The number of nitrogens with zero attached hydrogens (tertiary/aromatic N) is 1. The van der Waals surface area contributed by atoms with Crippen molar-refractivity contribution >= 4 is 11.3 Å². The summed E-state index contributed by atoms with van der Waals surface area (Å²) < 4.78 is 11.7. The van der Waals surface area contributed by atoms with E-state index < -0.39 is 5.60 Å². The minimum absolute atomic E-state index is 0.586. The molecule has 3 aromatic heterocycles. The molecule has 4 nitrogen and oxygen atoms in total. The average Bonchev–Trinajstić information content (AvgIpc) is 3.48. The molecule has 0 radical (unpaired) electrons. The van der Waals surface area contributed by atoms with Crippen molar-refractivity contribution in [2.75, 3.05) is 0 Å². The molecular formula is C24H29NO3S. The third-order valence-corrected chi connectivity index (χ3v) is 5.70. The third kappa shape index (κ3) is 6.07. The number of thiophene rings is 1. The maximum atomic E-state index is 11.2. The number of hydrogen-bond acceptors (Lipinski definition) is 5. The Bertz CT molecular complexity index is 816. The van der Waals surface area contributed by atoms with Crippen LogP contribution in [0.3, 0.4) is 0 Å². The van der Waals surface area contributed by atoms with Crippen LogP contribution in [0.25, 0.3) is 0 Å². The zero-order chi connectivity index (χ0) is 20.5. The summed E-state index contributed by atoms with van der Waals surface area (Å²) in [5.74, 6) is 2.36. The Morgan fingerprint density at radius 3 is 2.38 bits per heavy atom.